The van der Waals surface area contributed by atoms with Gasteiger partial charge in [0.25, 0.3) is 0 Å². The van der Waals surface area contributed by atoms with Crippen LogP contribution in [0.5, 0.6) is 0 Å². The molecule has 5 atom stereocenters. The summed E-state index contributed by atoms with van der Waals surface area (Å²) >= 11 is 0. The van der Waals surface area contributed by atoms with E-state index in [4.69, 9.17) is 0 Å². The zero-order valence-electron chi connectivity index (χ0n) is 12.4. The summed E-state index contributed by atoms with van der Waals surface area (Å²) in [6.07, 6.45) is 6.79. The Morgan fingerprint density at radius 2 is 1.81 bits per heavy atom. The van der Waals surface area contributed by atoms with Crippen molar-refractivity contribution in [1.82, 2.24) is 4.90 Å². The molecule has 116 valence electrons. The van der Waals surface area contributed by atoms with Gasteiger partial charge in [-0.3, -0.25) is 9.59 Å². The quantitative estimate of drug-likeness (QED) is 0.752. The molecule has 2 bridgehead atoms. The molecule has 2 aliphatic carbocycles. The molecule has 2 fully saturated rings. The molecule has 3 rings (SSSR count). The van der Waals surface area contributed by atoms with Gasteiger partial charge in [0.1, 0.15) is 0 Å². The smallest absolute Gasteiger partial charge is 0.307 e. The predicted molar refractivity (Wildman–Crippen MR) is 76.4 cm³/mol. The highest BCUT2D eigenvalue weighted by Crippen LogP contribution is 2.49. The van der Waals surface area contributed by atoms with E-state index >= 15 is 0 Å². The van der Waals surface area contributed by atoms with E-state index in [2.05, 4.69) is 0 Å². The fourth-order valence-electron chi connectivity index (χ4n) is 4.19. The summed E-state index contributed by atoms with van der Waals surface area (Å²) in [5.41, 5.74) is -0.712. The molecule has 0 spiro atoms. The lowest BCUT2D eigenvalue weighted by atomic mass is 9.82. The number of aliphatic hydroxyl groups is 1. The monoisotopic (exact) mass is 293 g/mol. The zero-order chi connectivity index (χ0) is 15.2. The van der Waals surface area contributed by atoms with Crippen LogP contribution in [0.25, 0.3) is 0 Å². The molecule has 0 radical (unpaired) electrons. The van der Waals surface area contributed by atoms with Crippen molar-refractivity contribution in [2.75, 3.05) is 13.1 Å². The lowest BCUT2D eigenvalue weighted by Gasteiger charge is -2.30. The van der Waals surface area contributed by atoms with Crippen molar-refractivity contribution in [3.8, 4) is 0 Å². The summed E-state index contributed by atoms with van der Waals surface area (Å²) in [7, 11) is 0. The summed E-state index contributed by atoms with van der Waals surface area (Å²) in [6, 6.07) is 0. The first-order chi connectivity index (χ1) is 9.89. The van der Waals surface area contributed by atoms with Crippen LogP contribution in [0.1, 0.15) is 32.6 Å². The number of allylic oxidation sites excluding steroid dienone is 2. The largest absolute Gasteiger partial charge is 0.481 e. The van der Waals surface area contributed by atoms with E-state index in [0.717, 1.165) is 12.8 Å². The van der Waals surface area contributed by atoms with Gasteiger partial charge in [0, 0.05) is 13.1 Å². The number of aliphatic carboxylic acids is 1. The first-order valence-corrected chi connectivity index (χ1v) is 7.81. The highest BCUT2D eigenvalue weighted by Gasteiger charge is 2.52. The molecule has 1 amide bonds. The molecule has 0 aromatic heterocycles. The van der Waals surface area contributed by atoms with Crippen molar-refractivity contribution < 1.29 is 19.8 Å². The van der Waals surface area contributed by atoms with E-state index in [0.29, 0.717) is 25.9 Å². The molecule has 1 saturated carbocycles. The molecule has 2 N–H and O–H groups in total. The lowest BCUT2D eigenvalue weighted by Crippen LogP contribution is -2.43. The zero-order valence-corrected chi connectivity index (χ0v) is 12.4. The minimum Gasteiger partial charge on any atom is -0.481 e. The van der Waals surface area contributed by atoms with Crippen LogP contribution in [0.15, 0.2) is 12.2 Å². The Balaban J connectivity index is 1.75. The van der Waals surface area contributed by atoms with Crippen LogP contribution in [0.4, 0.5) is 0 Å². The van der Waals surface area contributed by atoms with E-state index in [1.54, 1.807) is 11.8 Å². The van der Waals surface area contributed by atoms with E-state index < -0.39 is 23.4 Å². The number of carboxylic acid groups (broad SMARTS) is 1. The van der Waals surface area contributed by atoms with Gasteiger partial charge in [-0.25, -0.2) is 0 Å². The van der Waals surface area contributed by atoms with Gasteiger partial charge in [-0.15, -0.1) is 0 Å². The Hall–Kier alpha value is -1.36. The number of carbonyl (C=O) groups is 2. The molecule has 5 unspecified atom stereocenters. The van der Waals surface area contributed by atoms with E-state index in [1.807, 2.05) is 12.2 Å². The van der Waals surface area contributed by atoms with E-state index in [1.165, 1.54) is 0 Å². The molecular weight excluding hydrogens is 270 g/mol. The lowest BCUT2D eigenvalue weighted by molar-refractivity contribution is -0.151. The third-order valence-electron chi connectivity index (χ3n) is 5.40. The molecule has 1 heterocycles. The molecule has 1 saturated heterocycles. The maximum absolute atomic E-state index is 12.8. The Morgan fingerprint density at radius 1 is 1.14 bits per heavy atom. The minimum atomic E-state index is -0.855. The van der Waals surface area contributed by atoms with Gasteiger partial charge in [-0.05, 0) is 44.4 Å². The van der Waals surface area contributed by atoms with Gasteiger partial charge in [-0.2, -0.15) is 0 Å². The first kappa shape index (κ1) is 14.6. The summed E-state index contributed by atoms with van der Waals surface area (Å²) in [6.45, 7) is 2.95. The number of carboxylic acids is 1. The molecule has 5 heteroatoms. The standard InChI is InChI=1S/C16H23NO4/c1-16(21)5-2-7-17(8-6-16)14(18)12-10-3-4-11(9-10)13(12)15(19)20/h3-4,10-13,21H,2,5-9H2,1H3,(H,19,20). The van der Waals surface area contributed by atoms with Crippen LogP contribution in [0.3, 0.4) is 0 Å². The van der Waals surface area contributed by atoms with Crippen molar-refractivity contribution in [3.05, 3.63) is 12.2 Å². The molecule has 0 aromatic rings. The second-order valence-electron chi connectivity index (χ2n) is 7.01. The summed E-state index contributed by atoms with van der Waals surface area (Å²) in [5, 5.41) is 19.6. The SMILES string of the molecule is CC1(O)CCCN(C(=O)C2C3C=CC(C3)C2C(=O)O)CC1. The van der Waals surface area contributed by atoms with Crippen LogP contribution < -0.4 is 0 Å². The number of likely N-dealkylation sites (tertiary alicyclic amines) is 1. The summed E-state index contributed by atoms with van der Waals surface area (Å²) < 4.78 is 0. The first-order valence-electron chi connectivity index (χ1n) is 7.81. The Kier molecular flexibility index (Phi) is 3.56. The molecule has 0 aromatic carbocycles. The van der Waals surface area contributed by atoms with Gasteiger partial charge in [0.05, 0.1) is 17.4 Å². The second-order valence-corrected chi connectivity index (χ2v) is 7.01. The third-order valence-corrected chi connectivity index (χ3v) is 5.40. The van der Waals surface area contributed by atoms with Crippen molar-refractivity contribution in [2.24, 2.45) is 23.7 Å². The molecule has 3 aliphatic rings. The number of nitrogens with zero attached hydrogens (tertiary/aromatic N) is 1. The molecule has 5 nitrogen and oxygen atoms in total. The molecule has 1 aliphatic heterocycles. The molecule has 21 heavy (non-hydrogen) atoms. The Labute approximate surface area is 124 Å². The van der Waals surface area contributed by atoms with Gasteiger partial charge in [-0.1, -0.05) is 12.2 Å². The Morgan fingerprint density at radius 3 is 2.48 bits per heavy atom. The van der Waals surface area contributed by atoms with Crippen molar-refractivity contribution in [3.63, 3.8) is 0 Å². The maximum Gasteiger partial charge on any atom is 0.307 e. The highest BCUT2D eigenvalue weighted by molar-refractivity contribution is 5.87. The highest BCUT2D eigenvalue weighted by atomic mass is 16.4. The van der Waals surface area contributed by atoms with Gasteiger partial charge < -0.3 is 15.1 Å². The van der Waals surface area contributed by atoms with Crippen LogP contribution in [-0.2, 0) is 9.59 Å². The number of carbonyl (C=O) groups excluding carboxylic acids is 1. The third kappa shape index (κ3) is 2.59. The van der Waals surface area contributed by atoms with Gasteiger partial charge in [0.15, 0.2) is 0 Å². The number of fused-ring (bicyclic) bond motifs is 2. The van der Waals surface area contributed by atoms with Crippen molar-refractivity contribution in [1.29, 1.82) is 0 Å². The molecular formula is C16H23NO4. The minimum absolute atomic E-state index is 0.0107. The number of amides is 1. The van der Waals surface area contributed by atoms with Crippen molar-refractivity contribution in [2.45, 2.75) is 38.2 Å². The van der Waals surface area contributed by atoms with Gasteiger partial charge in [0.2, 0.25) is 5.91 Å². The second kappa shape index (κ2) is 5.13. The normalized spacial score (nSPS) is 42.1. The topological polar surface area (TPSA) is 77.8 Å². The van der Waals surface area contributed by atoms with Crippen LogP contribution in [0.2, 0.25) is 0 Å². The predicted octanol–water partition coefficient (Wildman–Crippen LogP) is 1.27. The van der Waals surface area contributed by atoms with Crippen LogP contribution >= 0.6 is 0 Å². The summed E-state index contributed by atoms with van der Waals surface area (Å²) in [4.78, 5) is 26.1. The fraction of sp³-hybridized carbons (Fsp3) is 0.750. The van der Waals surface area contributed by atoms with Crippen LogP contribution in [0, 0.1) is 23.7 Å². The average molecular weight is 293 g/mol. The maximum atomic E-state index is 12.8. The van der Waals surface area contributed by atoms with E-state index in [9.17, 15) is 19.8 Å². The Bertz CT molecular complexity index is 485. The number of hydrogen-bond donors (Lipinski definition) is 2. The van der Waals surface area contributed by atoms with E-state index in [-0.39, 0.29) is 17.7 Å². The average Bonchev–Trinajstić information content (AvgIpc) is 2.97. The van der Waals surface area contributed by atoms with Gasteiger partial charge >= 0.3 is 5.97 Å². The van der Waals surface area contributed by atoms with Crippen molar-refractivity contribution >= 4 is 11.9 Å². The van der Waals surface area contributed by atoms with Crippen LogP contribution in [-0.4, -0.2) is 45.7 Å². The summed E-state index contributed by atoms with van der Waals surface area (Å²) in [5.74, 6) is -1.79. The number of rotatable bonds is 2. The number of hydrogen-bond acceptors (Lipinski definition) is 3. The fourth-order valence-corrected chi connectivity index (χ4v) is 4.19.